The standard InChI is InChI=1S/C16H20Cl2N2O2/c17-13-4-3-11(8-14(13)18)15-2-1-6-20(15)16(21)9-12-10-19-5-7-22-12/h3-4,8,12,15,19H,1-2,5-7,9-10H2. The molecule has 1 aromatic carbocycles. The predicted octanol–water partition coefficient (Wildman–Crippen LogP) is 3.04. The highest BCUT2D eigenvalue weighted by molar-refractivity contribution is 6.42. The summed E-state index contributed by atoms with van der Waals surface area (Å²) in [5, 5.41) is 4.34. The lowest BCUT2D eigenvalue weighted by molar-refractivity contribution is -0.135. The van der Waals surface area contributed by atoms with Crippen LogP contribution >= 0.6 is 23.2 Å². The third kappa shape index (κ3) is 3.57. The van der Waals surface area contributed by atoms with Crippen molar-refractivity contribution in [3.63, 3.8) is 0 Å². The molecule has 2 fully saturated rings. The molecule has 0 bridgehead atoms. The molecule has 0 spiro atoms. The topological polar surface area (TPSA) is 41.6 Å². The van der Waals surface area contributed by atoms with Crippen molar-refractivity contribution in [3.05, 3.63) is 33.8 Å². The molecule has 0 aromatic heterocycles. The number of rotatable bonds is 3. The van der Waals surface area contributed by atoms with Crippen LogP contribution in [0, 0.1) is 0 Å². The monoisotopic (exact) mass is 342 g/mol. The fraction of sp³-hybridized carbons (Fsp3) is 0.562. The molecule has 0 radical (unpaired) electrons. The average Bonchev–Trinajstić information content (AvgIpc) is 3.01. The van der Waals surface area contributed by atoms with Gasteiger partial charge in [-0.3, -0.25) is 4.79 Å². The molecule has 2 heterocycles. The Morgan fingerprint density at radius 1 is 1.36 bits per heavy atom. The molecule has 1 aromatic rings. The van der Waals surface area contributed by atoms with Gasteiger partial charge >= 0.3 is 0 Å². The molecular weight excluding hydrogens is 323 g/mol. The summed E-state index contributed by atoms with van der Waals surface area (Å²) in [5.41, 5.74) is 1.06. The van der Waals surface area contributed by atoms with Crippen molar-refractivity contribution in [1.82, 2.24) is 10.2 Å². The maximum Gasteiger partial charge on any atom is 0.225 e. The Hall–Kier alpha value is -0.810. The van der Waals surface area contributed by atoms with E-state index >= 15 is 0 Å². The van der Waals surface area contributed by atoms with Gasteiger partial charge in [-0.15, -0.1) is 0 Å². The van der Waals surface area contributed by atoms with E-state index < -0.39 is 0 Å². The van der Waals surface area contributed by atoms with Crippen LogP contribution in [0.25, 0.3) is 0 Å². The van der Waals surface area contributed by atoms with Gasteiger partial charge in [-0.1, -0.05) is 29.3 Å². The number of nitrogens with one attached hydrogen (secondary N) is 1. The normalized spacial score (nSPS) is 25.5. The number of hydrogen-bond donors (Lipinski definition) is 1. The lowest BCUT2D eigenvalue weighted by Crippen LogP contribution is -2.42. The van der Waals surface area contributed by atoms with Crippen molar-refractivity contribution in [3.8, 4) is 0 Å². The molecule has 2 aliphatic heterocycles. The molecule has 22 heavy (non-hydrogen) atoms. The summed E-state index contributed by atoms with van der Waals surface area (Å²) in [6.45, 7) is 3.08. The Kier molecular flexibility index (Phi) is 5.24. The number of halogens is 2. The number of morpholine rings is 1. The van der Waals surface area contributed by atoms with Gasteiger partial charge < -0.3 is 15.0 Å². The number of hydrogen-bond acceptors (Lipinski definition) is 3. The predicted molar refractivity (Wildman–Crippen MR) is 87.4 cm³/mol. The number of likely N-dealkylation sites (tertiary alicyclic amines) is 1. The van der Waals surface area contributed by atoms with Crippen LogP contribution in [-0.4, -0.2) is 43.2 Å². The molecule has 1 amide bonds. The lowest BCUT2D eigenvalue weighted by Gasteiger charge is -2.29. The lowest BCUT2D eigenvalue weighted by atomic mass is 10.0. The largest absolute Gasteiger partial charge is 0.375 e. The minimum atomic E-state index is -0.0173. The van der Waals surface area contributed by atoms with Crippen LogP contribution in [-0.2, 0) is 9.53 Å². The second kappa shape index (κ2) is 7.18. The van der Waals surface area contributed by atoms with E-state index in [2.05, 4.69) is 5.32 Å². The zero-order valence-electron chi connectivity index (χ0n) is 12.4. The molecular formula is C16H20Cl2N2O2. The third-order valence-corrected chi connectivity index (χ3v) is 5.05. The smallest absolute Gasteiger partial charge is 0.225 e. The first-order valence-corrected chi connectivity index (χ1v) is 8.47. The SMILES string of the molecule is O=C(CC1CNCCO1)N1CCCC1c1ccc(Cl)c(Cl)c1. The molecule has 4 nitrogen and oxygen atoms in total. The fourth-order valence-corrected chi connectivity index (χ4v) is 3.50. The number of carbonyl (C=O) groups is 1. The summed E-state index contributed by atoms with van der Waals surface area (Å²) in [6.07, 6.45) is 2.40. The summed E-state index contributed by atoms with van der Waals surface area (Å²) in [7, 11) is 0. The summed E-state index contributed by atoms with van der Waals surface area (Å²) < 4.78 is 5.64. The van der Waals surface area contributed by atoms with Crippen molar-refractivity contribution in [1.29, 1.82) is 0 Å². The summed E-state index contributed by atoms with van der Waals surface area (Å²) in [6, 6.07) is 5.73. The molecule has 120 valence electrons. The second-order valence-corrected chi connectivity index (χ2v) is 6.63. The fourth-order valence-electron chi connectivity index (χ4n) is 3.19. The first-order valence-electron chi connectivity index (χ1n) is 7.72. The number of amides is 1. The van der Waals surface area contributed by atoms with Gasteiger partial charge in [0.15, 0.2) is 0 Å². The van der Waals surface area contributed by atoms with Crippen LogP contribution < -0.4 is 5.32 Å². The van der Waals surface area contributed by atoms with Crippen molar-refractivity contribution in [2.75, 3.05) is 26.2 Å². The molecule has 2 aliphatic rings. The highest BCUT2D eigenvalue weighted by atomic mass is 35.5. The molecule has 0 aliphatic carbocycles. The van der Waals surface area contributed by atoms with E-state index in [1.54, 1.807) is 6.07 Å². The van der Waals surface area contributed by atoms with E-state index in [-0.39, 0.29) is 18.1 Å². The summed E-state index contributed by atoms with van der Waals surface area (Å²) in [4.78, 5) is 14.6. The van der Waals surface area contributed by atoms with Crippen molar-refractivity contribution in [2.45, 2.75) is 31.4 Å². The summed E-state index contributed by atoms with van der Waals surface area (Å²) >= 11 is 12.1. The molecule has 2 unspecified atom stereocenters. The molecule has 3 rings (SSSR count). The van der Waals surface area contributed by atoms with Gasteiger partial charge in [0, 0.05) is 19.6 Å². The maximum absolute atomic E-state index is 12.6. The quantitative estimate of drug-likeness (QED) is 0.917. The number of benzene rings is 1. The van der Waals surface area contributed by atoms with E-state index in [0.717, 1.165) is 38.0 Å². The number of ether oxygens (including phenoxy) is 1. The molecule has 2 saturated heterocycles. The van der Waals surface area contributed by atoms with E-state index in [4.69, 9.17) is 27.9 Å². The van der Waals surface area contributed by atoms with Crippen LogP contribution in [0.2, 0.25) is 10.0 Å². The van der Waals surface area contributed by atoms with E-state index in [1.807, 2.05) is 17.0 Å². The van der Waals surface area contributed by atoms with E-state index in [0.29, 0.717) is 23.1 Å². The van der Waals surface area contributed by atoms with Crippen molar-refractivity contribution < 1.29 is 9.53 Å². The highest BCUT2D eigenvalue weighted by Crippen LogP contribution is 2.35. The number of carbonyl (C=O) groups excluding carboxylic acids is 1. The van der Waals surface area contributed by atoms with Crippen LogP contribution in [0.1, 0.15) is 30.9 Å². The number of nitrogens with zero attached hydrogens (tertiary/aromatic N) is 1. The van der Waals surface area contributed by atoms with E-state index in [1.165, 1.54) is 0 Å². The zero-order valence-corrected chi connectivity index (χ0v) is 13.9. The summed E-state index contributed by atoms with van der Waals surface area (Å²) in [5.74, 6) is 0.155. The minimum Gasteiger partial charge on any atom is -0.375 e. The molecule has 6 heteroatoms. The first kappa shape index (κ1) is 16.1. The Balaban J connectivity index is 1.69. The zero-order chi connectivity index (χ0) is 15.5. The Bertz CT molecular complexity index is 547. The van der Waals surface area contributed by atoms with Crippen LogP contribution in [0.5, 0.6) is 0 Å². The van der Waals surface area contributed by atoms with Gasteiger partial charge in [-0.25, -0.2) is 0 Å². The van der Waals surface area contributed by atoms with Crippen molar-refractivity contribution in [2.24, 2.45) is 0 Å². The first-order chi connectivity index (χ1) is 10.6. The van der Waals surface area contributed by atoms with Gasteiger partial charge in [0.05, 0.1) is 35.2 Å². The molecule has 2 atom stereocenters. The Labute approximate surface area is 140 Å². The van der Waals surface area contributed by atoms with Gasteiger partial charge in [0.2, 0.25) is 5.91 Å². The van der Waals surface area contributed by atoms with E-state index in [9.17, 15) is 4.79 Å². The van der Waals surface area contributed by atoms with Gasteiger partial charge in [-0.2, -0.15) is 0 Å². The Morgan fingerprint density at radius 2 is 2.23 bits per heavy atom. The average molecular weight is 343 g/mol. The van der Waals surface area contributed by atoms with Crippen LogP contribution in [0.4, 0.5) is 0 Å². The Morgan fingerprint density at radius 3 is 2.95 bits per heavy atom. The minimum absolute atomic E-state index is 0.0173. The molecule has 0 saturated carbocycles. The second-order valence-electron chi connectivity index (χ2n) is 5.82. The van der Waals surface area contributed by atoms with Gasteiger partial charge in [0.1, 0.15) is 0 Å². The maximum atomic E-state index is 12.6. The van der Waals surface area contributed by atoms with Gasteiger partial charge in [0.25, 0.3) is 0 Å². The van der Waals surface area contributed by atoms with Crippen LogP contribution in [0.15, 0.2) is 18.2 Å². The van der Waals surface area contributed by atoms with Crippen molar-refractivity contribution >= 4 is 29.1 Å². The third-order valence-electron chi connectivity index (χ3n) is 4.31. The van der Waals surface area contributed by atoms with Crippen LogP contribution in [0.3, 0.4) is 0 Å². The van der Waals surface area contributed by atoms with Gasteiger partial charge in [-0.05, 0) is 30.5 Å². The highest BCUT2D eigenvalue weighted by Gasteiger charge is 2.31. The molecule has 1 N–H and O–H groups in total.